The van der Waals surface area contributed by atoms with Crippen LogP contribution in [0.15, 0.2) is 53.6 Å². The minimum Gasteiger partial charge on any atom is -0.318 e. The van der Waals surface area contributed by atoms with Crippen LogP contribution in [0.5, 0.6) is 0 Å². The number of pyridine rings is 2. The number of rotatable bonds is 1. The number of hydrogen-bond donors (Lipinski definition) is 0. The molecule has 0 aliphatic rings. The molecule has 6 heteroatoms. The molecule has 0 radical (unpaired) electrons. The predicted molar refractivity (Wildman–Crippen MR) is 77.4 cm³/mol. The molecule has 0 saturated carbocycles. The Hall–Kier alpha value is -2.63. The summed E-state index contributed by atoms with van der Waals surface area (Å²) in [4.78, 5) is 15.8. The highest BCUT2D eigenvalue weighted by Gasteiger charge is 2.30. The summed E-state index contributed by atoms with van der Waals surface area (Å²) in [6, 6.07) is 9.18. The summed E-state index contributed by atoms with van der Waals surface area (Å²) in [7, 11) is 1.66. The lowest BCUT2D eigenvalue weighted by Gasteiger charge is -2.08. The molecule has 2 heterocycles. The first-order valence-electron chi connectivity index (χ1n) is 6.49. The van der Waals surface area contributed by atoms with Gasteiger partial charge in [0.05, 0.1) is 11.3 Å². The Morgan fingerprint density at radius 3 is 2.50 bits per heavy atom. The smallest absolute Gasteiger partial charge is 0.318 e. The Morgan fingerprint density at radius 1 is 1.09 bits per heavy atom. The Bertz CT molecular complexity index is 896. The fourth-order valence-corrected chi connectivity index (χ4v) is 2.24. The van der Waals surface area contributed by atoms with Gasteiger partial charge in [0, 0.05) is 30.4 Å². The zero-order valence-corrected chi connectivity index (χ0v) is 11.6. The molecule has 0 aliphatic carbocycles. The van der Waals surface area contributed by atoms with Gasteiger partial charge in [-0.25, -0.2) is 0 Å². The highest BCUT2D eigenvalue weighted by atomic mass is 19.4. The van der Waals surface area contributed by atoms with Gasteiger partial charge >= 0.3 is 6.18 Å². The molecule has 112 valence electrons. The lowest BCUT2D eigenvalue weighted by molar-refractivity contribution is -0.137. The van der Waals surface area contributed by atoms with Gasteiger partial charge in [-0.15, -0.1) is 0 Å². The zero-order chi connectivity index (χ0) is 15.9. The van der Waals surface area contributed by atoms with Crippen LogP contribution in [0.1, 0.15) is 5.56 Å². The summed E-state index contributed by atoms with van der Waals surface area (Å²) < 4.78 is 39.1. The van der Waals surface area contributed by atoms with Gasteiger partial charge in [0.15, 0.2) is 0 Å². The number of aromatic nitrogens is 2. The summed E-state index contributed by atoms with van der Waals surface area (Å²) in [5.41, 5.74) is 0.181. The minimum absolute atomic E-state index is 0.121. The van der Waals surface area contributed by atoms with Crippen molar-refractivity contribution in [2.75, 3.05) is 0 Å². The second kappa shape index (κ2) is 4.98. The van der Waals surface area contributed by atoms with Crippen LogP contribution in [0, 0.1) is 0 Å². The molecule has 0 aliphatic heterocycles. The van der Waals surface area contributed by atoms with Crippen molar-refractivity contribution in [3.63, 3.8) is 0 Å². The van der Waals surface area contributed by atoms with Crippen molar-refractivity contribution in [1.29, 1.82) is 0 Å². The van der Waals surface area contributed by atoms with E-state index in [1.807, 2.05) is 0 Å². The van der Waals surface area contributed by atoms with Gasteiger partial charge < -0.3 is 4.57 Å². The van der Waals surface area contributed by atoms with Gasteiger partial charge in [-0.2, -0.15) is 13.2 Å². The fourth-order valence-electron chi connectivity index (χ4n) is 2.24. The Morgan fingerprint density at radius 2 is 1.86 bits per heavy atom. The van der Waals surface area contributed by atoms with Crippen LogP contribution >= 0.6 is 0 Å². The molecule has 22 heavy (non-hydrogen) atoms. The van der Waals surface area contributed by atoms with Crippen LogP contribution in [0.3, 0.4) is 0 Å². The van der Waals surface area contributed by atoms with Crippen LogP contribution < -0.4 is 5.56 Å². The van der Waals surface area contributed by atoms with E-state index in [1.165, 1.54) is 10.6 Å². The van der Waals surface area contributed by atoms with Gasteiger partial charge in [0.25, 0.3) is 5.56 Å². The third-order valence-corrected chi connectivity index (χ3v) is 3.47. The summed E-state index contributed by atoms with van der Waals surface area (Å²) in [5, 5.41) is 1.28. The molecular formula is C16H11F3N2O. The molecule has 0 atom stereocenters. The summed E-state index contributed by atoms with van der Waals surface area (Å²) >= 11 is 0. The van der Waals surface area contributed by atoms with Crippen molar-refractivity contribution in [3.8, 4) is 11.3 Å². The average molecular weight is 304 g/mol. The van der Waals surface area contributed by atoms with E-state index in [-0.39, 0.29) is 5.56 Å². The number of aryl methyl sites for hydroxylation is 1. The highest BCUT2D eigenvalue weighted by Crippen LogP contribution is 2.30. The molecule has 1 aromatic carbocycles. The molecule has 3 rings (SSSR count). The number of halogens is 3. The molecule has 0 unspecified atom stereocenters. The largest absolute Gasteiger partial charge is 0.417 e. The van der Waals surface area contributed by atoms with Crippen molar-refractivity contribution in [1.82, 2.24) is 9.55 Å². The van der Waals surface area contributed by atoms with Gasteiger partial charge in [-0.3, -0.25) is 9.78 Å². The lowest BCUT2D eigenvalue weighted by Crippen LogP contribution is -2.15. The molecule has 0 bridgehead atoms. The van der Waals surface area contributed by atoms with Gasteiger partial charge in [-0.05, 0) is 35.7 Å². The quantitative estimate of drug-likeness (QED) is 0.688. The van der Waals surface area contributed by atoms with E-state index in [2.05, 4.69) is 4.98 Å². The lowest BCUT2D eigenvalue weighted by atomic mass is 10.1. The van der Waals surface area contributed by atoms with Crippen molar-refractivity contribution in [3.05, 3.63) is 64.7 Å². The van der Waals surface area contributed by atoms with E-state index in [9.17, 15) is 18.0 Å². The van der Waals surface area contributed by atoms with Crippen molar-refractivity contribution in [2.24, 2.45) is 7.05 Å². The predicted octanol–water partition coefficient (Wildman–Crippen LogP) is 3.62. The molecule has 0 saturated heterocycles. The first-order chi connectivity index (χ1) is 10.4. The van der Waals surface area contributed by atoms with E-state index in [4.69, 9.17) is 0 Å². The van der Waals surface area contributed by atoms with Gasteiger partial charge in [0.2, 0.25) is 0 Å². The first-order valence-corrected chi connectivity index (χ1v) is 6.49. The van der Waals surface area contributed by atoms with E-state index in [0.717, 1.165) is 17.6 Å². The van der Waals surface area contributed by atoms with Crippen LogP contribution in [-0.4, -0.2) is 9.55 Å². The molecule has 0 N–H and O–H groups in total. The Balaban J connectivity index is 2.07. The third-order valence-electron chi connectivity index (χ3n) is 3.47. The monoisotopic (exact) mass is 304 g/mol. The van der Waals surface area contributed by atoms with Crippen molar-refractivity contribution < 1.29 is 13.2 Å². The highest BCUT2D eigenvalue weighted by molar-refractivity contribution is 5.86. The molecule has 0 spiro atoms. The number of fused-ring (bicyclic) bond motifs is 1. The normalized spacial score (nSPS) is 11.8. The van der Waals surface area contributed by atoms with Crippen molar-refractivity contribution >= 4 is 10.8 Å². The molecule has 3 nitrogen and oxygen atoms in total. The SMILES string of the molecule is Cn1ccc2cc(-c3ccc(C(F)(F)F)cn3)ccc2c1=O. The molecule has 2 aromatic heterocycles. The maximum Gasteiger partial charge on any atom is 0.417 e. The first kappa shape index (κ1) is 14.3. The Labute approximate surface area is 123 Å². The van der Waals surface area contributed by atoms with Crippen LogP contribution in [0.4, 0.5) is 13.2 Å². The van der Waals surface area contributed by atoms with Gasteiger partial charge in [-0.1, -0.05) is 6.07 Å². The summed E-state index contributed by atoms with van der Waals surface area (Å²) in [6.45, 7) is 0. The average Bonchev–Trinajstić information content (AvgIpc) is 2.50. The van der Waals surface area contributed by atoms with Crippen molar-refractivity contribution in [2.45, 2.75) is 6.18 Å². The van der Waals surface area contributed by atoms with Crippen LogP contribution in [-0.2, 0) is 13.2 Å². The number of nitrogens with zero attached hydrogens (tertiary/aromatic N) is 2. The maximum atomic E-state index is 12.5. The minimum atomic E-state index is -4.40. The second-order valence-corrected chi connectivity index (χ2v) is 4.96. The molecular weight excluding hydrogens is 293 g/mol. The Kier molecular flexibility index (Phi) is 3.24. The summed E-state index contributed by atoms with van der Waals surface area (Å²) in [5.74, 6) is 0. The number of benzene rings is 1. The molecule has 3 aromatic rings. The zero-order valence-electron chi connectivity index (χ0n) is 11.6. The molecule has 0 amide bonds. The summed E-state index contributed by atoms with van der Waals surface area (Å²) in [6.07, 6.45) is -1.95. The fraction of sp³-hybridized carbons (Fsp3) is 0.125. The van der Waals surface area contributed by atoms with E-state index in [0.29, 0.717) is 16.6 Å². The van der Waals surface area contributed by atoms with Gasteiger partial charge in [0.1, 0.15) is 0 Å². The maximum absolute atomic E-state index is 12.5. The van der Waals surface area contributed by atoms with Crippen LogP contribution in [0.2, 0.25) is 0 Å². The number of hydrogen-bond acceptors (Lipinski definition) is 2. The van der Waals surface area contributed by atoms with E-state index in [1.54, 1.807) is 37.5 Å². The third kappa shape index (κ3) is 2.47. The van der Waals surface area contributed by atoms with E-state index < -0.39 is 11.7 Å². The van der Waals surface area contributed by atoms with Crippen LogP contribution in [0.25, 0.3) is 22.0 Å². The topological polar surface area (TPSA) is 34.9 Å². The number of alkyl halides is 3. The molecule has 0 fully saturated rings. The van der Waals surface area contributed by atoms with E-state index >= 15 is 0 Å². The second-order valence-electron chi connectivity index (χ2n) is 4.96. The standard InChI is InChI=1S/C16H11F3N2O/c1-21-7-6-10-8-11(2-4-13(10)15(21)22)14-5-3-12(9-20-14)16(17,18)19/h2-9H,1H3.